The van der Waals surface area contributed by atoms with E-state index in [-0.39, 0.29) is 5.73 Å². The summed E-state index contributed by atoms with van der Waals surface area (Å²) in [7, 11) is -0.965. The molecule has 0 bridgehead atoms. The molecule has 122 valence electrons. The summed E-state index contributed by atoms with van der Waals surface area (Å²) in [6.07, 6.45) is 0. The van der Waals surface area contributed by atoms with Crippen LogP contribution in [0.4, 0.5) is 4.39 Å². The fourth-order valence-electron chi connectivity index (χ4n) is 3.00. The molecule has 1 aliphatic rings. The Balaban J connectivity index is 2.06. The SMILES string of the molecule is CC(=C(F)B1OC(C)(C)C(C)(C)O1)c1c(C)[nH]c2ccccc12. The van der Waals surface area contributed by atoms with Gasteiger partial charge in [-0.3, -0.25) is 0 Å². The molecule has 1 aromatic heterocycles. The third-order valence-electron chi connectivity index (χ3n) is 5.09. The van der Waals surface area contributed by atoms with Crippen molar-refractivity contribution in [3.8, 4) is 0 Å². The van der Waals surface area contributed by atoms with E-state index < -0.39 is 18.3 Å². The van der Waals surface area contributed by atoms with Gasteiger partial charge in [-0.15, -0.1) is 0 Å². The highest BCUT2D eigenvalue weighted by molar-refractivity contribution is 6.55. The minimum absolute atomic E-state index is 0.364. The van der Waals surface area contributed by atoms with Crippen LogP contribution in [0.15, 0.2) is 30.0 Å². The van der Waals surface area contributed by atoms with Crippen molar-refractivity contribution in [3.63, 3.8) is 0 Å². The van der Waals surface area contributed by atoms with Gasteiger partial charge < -0.3 is 14.3 Å². The fourth-order valence-corrected chi connectivity index (χ4v) is 3.00. The van der Waals surface area contributed by atoms with Gasteiger partial charge in [-0.2, -0.15) is 0 Å². The maximum atomic E-state index is 15.1. The lowest BCUT2D eigenvalue weighted by molar-refractivity contribution is 0.00578. The van der Waals surface area contributed by atoms with Gasteiger partial charge >= 0.3 is 7.12 Å². The highest BCUT2D eigenvalue weighted by atomic mass is 19.1. The van der Waals surface area contributed by atoms with Gasteiger partial charge in [-0.05, 0) is 53.2 Å². The first kappa shape index (κ1) is 16.3. The van der Waals surface area contributed by atoms with Gasteiger partial charge in [0.1, 0.15) is 5.73 Å². The molecule has 0 saturated carbocycles. The van der Waals surface area contributed by atoms with Crippen LogP contribution in [0.1, 0.15) is 45.9 Å². The number of halogens is 1. The van der Waals surface area contributed by atoms with E-state index in [0.717, 1.165) is 22.2 Å². The lowest BCUT2D eigenvalue weighted by Gasteiger charge is -2.32. The zero-order chi connectivity index (χ0) is 17.0. The minimum atomic E-state index is -0.965. The molecule has 0 aliphatic carbocycles. The second-order valence-electron chi connectivity index (χ2n) is 7.23. The molecule has 0 radical (unpaired) electrons. The summed E-state index contributed by atoms with van der Waals surface area (Å²) < 4.78 is 26.7. The van der Waals surface area contributed by atoms with Crippen LogP contribution >= 0.6 is 0 Å². The molecule has 2 aromatic rings. The quantitative estimate of drug-likeness (QED) is 0.807. The second kappa shape index (κ2) is 5.21. The zero-order valence-corrected chi connectivity index (χ0v) is 14.6. The number of allylic oxidation sites excluding steroid dienone is 1. The smallest absolute Gasteiger partial charge is 0.398 e. The van der Waals surface area contributed by atoms with Crippen LogP contribution in [-0.4, -0.2) is 23.3 Å². The molecule has 5 heteroatoms. The summed E-state index contributed by atoms with van der Waals surface area (Å²) in [4.78, 5) is 3.30. The molecule has 0 atom stereocenters. The Morgan fingerprint density at radius 3 is 2.26 bits per heavy atom. The summed E-state index contributed by atoms with van der Waals surface area (Å²) in [6, 6.07) is 7.91. The number of rotatable bonds is 2. The summed E-state index contributed by atoms with van der Waals surface area (Å²) in [5.41, 5.74) is 1.91. The molecule has 0 spiro atoms. The first-order valence-corrected chi connectivity index (χ1v) is 7.93. The molecule has 0 amide bonds. The van der Waals surface area contributed by atoms with Gasteiger partial charge in [0.15, 0.2) is 0 Å². The molecule has 0 unspecified atom stereocenters. The standard InChI is InChI=1S/C18H23BFNO2/c1-11(15-12(2)21-14-10-8-7-9-13(14)15)16(20)19-22-17(3,4)18(5,6)23-19/h7-10,21H,1-6H3. The van der Waals surface area contributed by atoms with Crippen molar-refractivity contribution < 1.29 is 13.7 Å². The second-order valence-corrected chi connectivity index (χ2v) is 7.23. The van der Waals surface area contributed by atoms with Crippen molar-refractivity contribution >= 4 is 23.6 Å². The Morgan fingerprint density at radius 2 is 1.65 bits per heavy atom. The number of aromatic amines is 1. The van der Waals surface area contributed by atoms with Crippen molar-refractivity contribution in [2.75, 3.05) is 0 Å². The summed E-state index contributed by atoms with van der Waals surface area (Å²) in [5.74, 6) is 0. The Morgan fingerprint density at radius 1 is 1.09 bits per heavy atom. The highest BCUT2D eigenvalue weighted by Gasteiger charge is 2.53. The van der Waals surface area contributed by atoms with Crippen molar-refractivity contribution in [3.05, 3.63) is 41.2 Å². The maximum Gasteiger partial charge on any atom is 0.525 e. The Kier molecular flexibility index (Phi) is 3.69. The molecule has 2 heterocycles. The molecule has 3 rings (SSSR count). The third kappa shape index (κ3) is 2.52. The molecule has 23 heavy (non-hydrogen) atoms. The summed E-state index contributed by atoms with van der Waals surface area (Å²) in [6.45, 7) is 11.4. The van der Waals surface area contributed by atoms with Gasteiger partial charge in [-0.25, -0.2) is 4.39 Å². The Hall–Kier alpha value is -1.59. The Bertz CT molecular complexity index is 775. The van der Waals surface area contributed by atoms with Crippen molar-refractivity contribution in [1.29, 1.82) is 0 Å². The molecule has 3 nitrogen and oxygen atoms in total. The van der Waals surface area contributed by atoms with Crippen LogP contribution in [0, 0.1) is 6.92 Å². The van der Waals surface area contributed by atoms with E-state index in [0.29, 0.717) is 5.57 Å². The van der Waals surface area contributed by atoms with Crippen LogP contribution in [0.25, 0.3) is 16.5 Å². The van der Waals surface area contributed by atoms with Gasteiger partial charge in [0.25, 0.3) is 0 Å². The molecule has 1 fully saturated rings. The first-order chi connectivity index (χ1) is 10.6. The molecule has 1 N–H and O–H groups in total. The van der Waals surface area contributed by atoms with E-state index in [4.69, 9.17) is 9.31 Å². The number of aryl methyl sites for hydroxylation is 1. The van der Waals surface area contributed by atoms with Crippen LogP contribution in [0.3, 0.4) is 0 Å². The Labute approximate surface area is 137 Å². The lowest BCUT2D eigenvalue weighted by Crippen LogP contribution is -2.41. The van der Waals surface area contributed by atoms with Crippen molar-refractivity contribution in [2.24, 2.45) is 0 Å². The maximum absolute atomic E-state index is 15.1. The van der Waals surface area contributed by atoms with Gasteiger partial charge in [-0.1, -0.05) is 18.2 Å². The number of aromatic nitrogens is 1. The topological polar surface area (TPSA) is 34.2 Å². The number of nitrogens with one attached hydrogen (secondary N) is 1. The third-order valence-corrected chi connectivity index (χ3v) is 5.09. The largest absolute Gasteiger partial charge is 0.525 e. The zero-order valence-electron chi connectivity index (χ0n) is 14.6. The average molecular weight is 315 g/mol. The van der Waals surface area contributed by atoms with Gasteiger partial charge in [0.2, 0.25) is 0 Å². The molecule has 1 aliphatic heterocycles. The van der Waals surface area contributed by atoms with E-state index in [2.05, 4.69) is 4.98 Å². The number of H-pyrrole nitrogens is 1. The molecule has 1 saturated heterocycles. The lowest BCUT2D eigenvalue weighted by atomic mass is 9.83. The van der Waals surface area contributed by atoms with Gasteiger partial charge in [0.05, 0.1) is 11.2 Å². The molecular weight excluding hydrogens is 292 g/mol. The summed E-state index contributed by atoms with van der Waals surface area (Å²) in [5, 5.41) is 1.01. The number of hydrogen-bond acceptors (Lipinski definition) is 2. The van der Waals surface area contributed by atoms with E-state index in [1.54, 1.807) is 6.92 Å². The monoisotopic (exact) mass is 315 g/mol. The van der Waals surface area contributed by atoms with Crippen molar-refractivity contribution in [1.82, 2.24) is 4.98 Å². The fraction of sp³-hybridized carbons (Fsp3) is 0.444. The first-order valence-electron chi connectivity index (χ1n) is 7.93. The van der Waals surface area contributed by atoms with E-state index in [9.17, 15) is 0 Å². The van der Waals surface area contributed by atoms with Crippen molar-refractivity contribution in [2.45, 2.75) is 52.7 Å². The van der Waals surface area contributed by atoms with Crippen LogP contribution < -0.4 is 0 Å². The predicted octanol–water partition coefficient (Wildman–Crippen LogP) is 4.81. The summed E-state index contributed by atoms with van der Waals surface area (Å²) >= 11 is 0. The van der Waals surface area contributed by atoms with Gasteiger partial charge in [0, 0.05) is 22.2 Å². The normalized spacial score (nSPS) is 20.9. The number of benzene rings is 1. The highest BCUT2D eigenvalue weighted by Crippen LogP contribution is 2.41. The number of hydrogen-bond donors (Lipinski definition) is 1. The predicted molar refractivity (Wildman–Crippen MR) is 92.8 cm³/mol. The van der Waals surface area contributed by atoms with E-state index >= 15 is 4.39 Å². The minimum Gasteiger partial charge on any atom is -0.398 e. The van der Waals surface area contributed by atoms with E-state index in [1.807, 2.05) is 58.9 Å². The molecule has 1 aromatic carbocycles. The molecular formula is C18H23BFNO2. The van der Waals surface area contributed by atoms with Crippen LogP contribution in [0.5, 0.6) is 0 Å². The van der Waals surface area contributed by atoms with Crippen LogP contribution in [0.2, 0.25) is 0 Å². The average Bonchev–Trinajstić information content (AvgIpc) is 2.90. The van der Waals surface area contributed by atoms with Crippen LogP contribution in [-0.2, 0) is 9.31 Å². The van der Waals surface area contributed by atoms with E-state index in [1.165, 1.54) is 0 Å². The number of para-hydroxylation sites is 1. The number of fused-ring (bicyclic) bond motifs is 1.